The average Bonchev–Trinajstić information content (AvgIpc) is 3.07. The summed E-state index contributed by atoms with van der Waals surface area (Å²) in [6.07, 6.45) is 3.43. The first-order valence-corrected chi connectivity index (χ1v) is 8.16. The fraction of sp³-hybridized carbons (Fsp3) is 0.375. The summed E-state index contributed by atoms with van der Waals surface area (Å²) in [5, 5.41) is 1.96. The molecule has 2 heterocycles. The SMILES string of the molecule is O=C(c1cccc(OCc2cscn2)c1)N1CCCCC1. The van der Waals surface area contributed by atoms with Crippen molar-refractivity contribution in [1.82, 2.24) is 9.88 Å². The van der Waals surface area contributed by atoms with Crippen LogP contribution in [0.4, 0.5) is 0 Å². The van der Waals surface area contributed by atoms with Gasteiger partial charge in [0.1, 0.15) is 12.4 Å². The maximum absolute atomic E-state index is 12.4. The highest BCUT2D eigenvalue weighted by Gasteiger charge is 2.18. The molecule has 5 heteroatoms. The summed E-state index contributed by atoms with van der Waals surface area (Å²) < 4.78 is 5.70. The summed E-state index contributed by atoms with van der Waals surface area (Å²) in [5.41, 5.74) is 3.40. The lowest BCUT2D eigenvalue weighted by Gasteiger charge is -2.26. The molecular formula is C16H18N2O2S. The summed E-state index contributed by atoms with van der Waals surface area (Å²) >= 11 is 1.55. The first-order chi connectivity index (χ1) is 10.3. The first kappa shape index (κ1) is 14.1. The molecular weight excluding hydrogens is 284 g/mol. The predicted octanol–water partition coefficient (Wildman–Crippen LogP) is 3.35. The molecule has 1 amide bonds. The van der Waals surface area contributed by atoms with E-state index in [0.717, 1.165) is 31.6 Å². The molecule has 1 saturated heterocycles. The van der Waals surface area contributed by atoms with E-state index in [9.17, 15) is 4.79 Å². The third kappa shape index (κ3) is 3.61. The molecule has 0 atom stereocenters. The van der Waals surface area contributed by atoms with Gasteiger partial charge in [-0.05, 0) is 37.5 Å². The Morgan fingerprint density at radius 3 is 2.90 bits per heavy atom. The van der Waals surface area contributed by atoms with Gasteiger partial charge in [0.25, 0.3) is 5.91 Å². The minimum atomic E-state index is 0.105. The Labute approximate surface area is 128 Å². The molecule has 0 spiro atoms. The van der Waals surface area contributed by atoms with Gasteiger partial charge in [-0.3, -0.25) is 4.79 Å². The van der Waals surface area contributed by atoms with Crippen LogP contribution in [0.2, 0.25) is 0 Å². The van der Waals surface area contributed by atoms with Crippen LogP contribution in [-0.4, -0.2) is 28.9 Å². The lowest BCUT2D eigenvalue weighted by atomic mass is 10.1. The number of hydrogen-bond acceptors (Lipinski definition) is 4. The largest absolute Gasteiger partial charge is 0.487 e. The van der Waals surface area contributed by atoms with E-state index in [1.165, 1.54) is 6.42 Å². The molecule has 0 radical (unpaired) electrons. The number of thiazole rings is 1. The van der Waals surface area contributed by atoms with Crippen molar-refractivity contribution in [3.05, 3.63) is 46.4 Å². The number of nitrogens with zero attached hydrogens (tertiary/aromatic N) is 2. The number of amides is 1. The van der Waals surface area contributed by atoms with Gasteiger partial charge < -0.3 is 9.64 Å². The summed E-state index contributed by atoms with van der Waals surface area (Å²) in [4.78, 5) is 18.6. The number of benzene rings is 1. The van der Waals surface area contributed by atoms with Crippen molar-refractivity contribution in [2.45, 2.75) is 25.9 Å². The van der Waals surface area contributed by atoms with Gasteiger partial charge in [-0.25, -0.2) is 4.98 Å². The first-order valence-electron chi connectivity index (χ1n) is 7.22. The van der Waals surface area contributed by atoms with Crippen LogP contribution >= 0.6 is 11.3 Å². The van der Waals surface area contributed by atoms with E-state index in [1.54, 1.807) is 16.8 Å². The van der Waals surface area contributed by atoms with E-state index < -0.39 is 0 Å². The van der Waals surface area contributed by atoms with Crippen LogP contribution in [0.3, 0.4) is 0 Å². The van der Waals surface area contributed by atoms with Crippen LogP contribution in [-0.2, 0) is 6.61 Å². The second-order valence-corrected chi connectivity index (χ2v) is 5.87. The van der Waals surface area contributed by atoms with Gasteiger partial charge in [0.2, 0.25) is 0 Å². The van der Waals surface area contributed by atoms with E-state index in [1.807, 2.05) is 34.5 Å². The van der Waals surface area contributed by atoms with Gasteiger partial charge in [-0.15, -0.1) is 11.3 Å². The van der Waals surface area contributed by atoms with Crippen molar-refractivity contribution in [2.24, 2.45) is 0 Å². The Morgan fingerprint density at radius 1 is 1.29 bits per heavy atom. The van der Waals surface area contributed by atoms with Crippen molar-refractivity contribution in [3.8, 4) is 5.75 Å². The summed E-state index contributed by atoms with van der Waals surface area (Å²) in [6.45, 7) is 2.16. The Morgan fingerprint density at radius 2 is 2.14 bits per heavy atom. The van der Waals surface area contributed by atoms with Gasteiger partial charge in [0, 0.05) is 24.0 Å². The quantitative estimate of drug-likeness (QED) is 0.870. The van der Waals surface area contributed by atoms with E-state index in [-0.39, 0.29) is 5.91 Å². The summed E-state index contributed by atoms with van der Waals surface area (Å²) in [5.74, 6) is 0.819. The molecule has 4 nitrogen and oxygen atoms in total. The Kier molecular flexibility index (Phi) is 4.50. The van der Waals surface area contributed by atoms with E-state index in [0.29, 0.717) is 17.9 Å². The second kappa shape index (κ2) is 6.72. The van der Waals surface area contributed by atoms with E-state index >= 15 is 0 Å². The third-order valence-corrected chi connectivity index (χ3v) is 4.23. The maximum atomic E-state index is 12.4. The molecule has 1 aromatic carbocycles. The molecule has 2 aromatic rings. The second-order valence-electron chi connectivity index (χ2n) is 5.15. The molecule has 0 saturated carbocycles. The number of ether oxygens (including phenoxy) is 1. The zero-order chi connectivity index (χ0) is 14.5. The van der Waals surface area contributed by atoms with Gasteiger partial charge in [-0.1, -0.05) is 6.07 Å². The highest BCUT2D eigenvalue weighted by atomic mass is 32.1. The van der Waals surface area contributed by atoms with E-state index in [4.69, 9.17) is 4.74 Å². The lowest BCUT2D eigenvalue weighted by molar-refractivity contribution is 0.0724. The van der Waals surface area contributed by atoms with Crippen molar-refractivity contribution in [3.63, 3.8) is 0 Å². The van der Waals surface area contributed by atoms with Crippen molar-refractivity contribution in [2.75, 3.05) is 13.1 Å². The van der Waals surface area contributed by atoms with Gasteiger partial charge in [0.15, 0.2) is 0 Å². The molecule has 0 aliphatic carbocycles. The third-order valence-electron chi connectivity index (χ3n) is 3.59. The molecule has 1 aromatic heterocycles. The van der Waals surface area contributed by atoms with E-state index in [2.05, 4.69) is 4.98 Å². The molecule has 1 aliphatic heterocycles. The highest BCUT2D eigenvalue weighted by Crippen LogP contribution is 2.18. The Balaban J connectivity index is 1.66. The maximum Gasteiger partial charge on any atom is 0.253 e. The van der Waals surface area contributed by atoms with Gasteiger partial charge in [-0.2, -0.15) is 0 Å². The Bertz CT molecular complexity index is 592. The van der Waals surface area contributed by atoms with Crippen LogP contribution in [0.1, 0.15) is 35.3 Å². The molecule has 1 aliphatic rings. The monoisotopic (exact) mass is 302 g/mol. The molecule has 0 unspecified atom stereocenters. The number of carbonyl (C=O) groups excluding carboxylic acids is 1. The molecule has 3 rings (SSSR count). The predicted molar refractivity (Wildman–Crippen MR) is 82.6 cm³/mol. The number of likely N-dealkylation sites (tertiary alicyclic amines) is 1. The zero-order valence-corrected chi connectivity index (χ0v) is 12.6. The van der Waals surface area contributed by atoms with Crippen molar-refractivity contribution in [1.29, 1.82) is 0 Å². The van der Waals surface area contributed by atoms with Crippen LogP contribution in [0.5, 0.6) is 5.75 Å². The number of aromatic nitrogens is 1. The highest BCUT2D eigenvalue weighted by molar-refractivity contribution is 7.07. The Hall–Kier alpha value is -1.88. The van der Waals surface area contributed by atoms with Crippen LogP contribution in [0.25, 0.3) is 0 Å². The fourth-order valence-corrected chi connectivity index (χ4v) is 3.01. The zero-order valence-electron chi connectivity index (χ0n) is 11.8. The average molecular weight is 302 g/mol. The van der Waals surface area contributed by atoms with Crippen LogP contribution in [0.15, 0.2) is 35.2 Å². The van der Waals surface area contributed by atoms with Gasteiger partial charge >= 0.3 is 0 Å². The van der Waals surface area contributed by atoms with Crippen LogP contribution in [0, 0.1) is 0 Å². The smallest absolute Gasteiger partial charge is 0.253 e. The van der Waals surface area contributed by atoms with Crippen molar-refractivity contribution < 1.29 is 9.53 Å². The molecule has 110 valence electrons. The topological polar surface area (TPSA) is 42.4 Å². The molecule has 1 fully saturated rings. The summed E-state index contributed by atoms with van der Waals surface area (Å²) in [7, 11) is 0. The van der Waals surface area contributed by atoms with Crippen molar-refractivity contribution >= 4 is 17.2 Å². The molecule has 0 N–H and O–H groups in total. The van der Waals surface area contributed by atoms with Gasteiger partial charge in [0.05, 0.1) is 11.2 Å². The standard InChI is InChI=1S/C16H18N2O2S/c19-16(18-7-2-1-3-8-18)13-5-4-6-15(9-13)20-10-14-11-21-12-17-14/h4-6,9,11-12H,1-3,7-8,10H2. The lowest BCUT2D eigenvalue weighted by Crippen LogP contribution is -2.35. The number of piperidine rings is 1. The normalized spacial score (nSPS) is 15.0. The minimum Gasteiger partial charge on any atom is -0.487 e. The van der Waals surface area contributed by atoms with Crippen LogP contribution < -0.4 is 4.74 Å². The minimum absolute atomic E-state index is 0.105. The molecule has 21 heavy (non-hydrogen) atoms. The molecule has 0 bridgehead atoms. The number of hydrogen-bond donors (Lipinski definition) is 0. The summed E-state index contributed by atoms with van der Waals surface area (Å²) in [6, 6.07) is 7.42. The number of carbonyl (C=O) groups is 1. The number of rotatable bonds is 4. The fourth-order valence-electron chi connectivity index (χ4n) is 2.46.